The van der Waals surface area contributed by atoms with Crippen molar-refractivity contribution in [2.75, 3.05) is 0 Å². The largest absolute Gasteiger partial charge is 0.414 e. The highest BCUT2D eigenvalue weighted by Crippen LogP contribution is 2.16. The Bertz CT molecular complexity index is 661. The van der Waals surface area contributed by atoms with Crippen molar-refractivity contribution in [3.8, 4) is 5.75 Å². The summed E-state index contributed by atoms with van der Waals surface area (Å²) in [7, 11) is -5.55. The van der Waals surface area contributed by atoms with Crippen LogP contribution < -0.4 is 9.37 Å². The predicted molar refractivity (Wildman–Crippen MR) is 76.6 cm³/mol. The highest BCUT2D eigenvalue weighted by atomic mass is 32.2. The molecule has 7 heteroatoms. The standard InChI is InChI=1S/C12H16N2O3SSi/c1-19(2,3)12-7-5-4-6-11(12)17-18(15,16)14-9-8-13-10-14/h4-10H,1-3H3. The van der Waals surface area contributed by atoms with Crippen molar-refractivity contribution in [3.63, 3.8) is 0 Å². The summed E-state index contributed by atoms with van der Waals surface area (Å²) in [5.74, 6) is 0.398. The molecule has 1 aromatic heterocycles. The van der Waals surface area contributed by atoms with Crippen LogP contribution in [0.15, 0.2) is 43.0 Å². The van der Waals surface area contributed by atoms with Crippen LogP contribution in [0.5, 0.6) is 5.75 Å². The molecule has 0 aliphatic heterocycles. The summed E-state index contributed by atoms with van der Waals surface area (Å²) in [5, 5.41) is 0.971. The summed E-state index contributed by atoms with van der Waals surface area (Å²) in [6.07, 6.45) is 3.93. The van der Waals surface area contributed by atoms with Gasteiger partial charge in [-0.2, -0.15) is 8.42 Å². The Morgan fingerprint density at radius 3 is 2.47 bits per heavy atom. The van der Waals surface area contributed by atoms with Gasteiger partial charge in [0.25, 0.3) is 0 Å². The number of para-hydroxylation sites is 1. The average Bonchev–Trinajstić information content (AvgIpc) is 2.81. The van der Waals surface area contributed by atoms with Crippen LogP contribution in [0.2, 0.25) is 19.6 Å². The lowest BCUT2D eigenvalue weighted by atomic mass is 10.3. The lowest BCUT2D eigenvalue weighted by Crippen LogP contribution is -2.39. The van der Waals surface area contributed by atoms with Gasteiger partial charge < -0.3 is 4.18 Å². The molecule has 2 rings (SSSR count). The number of hydrogen-bond donors (Lipinski definition) is 0. The predicted octanol–water partition coefficient (Wildman–Crippen LogP) is 1.60. The number of imidazole rings is 1. The van der Waals surface area contributed by atoms with E-state index >= 15 is 0 Å². The zero-order valence-electron chi connectivity index (χ0n) is 11.1. The molecule has 0 amide bonds. The number of benzene rings is 1. The molecule has 1 aromatic carbocycles. The van der Waals surface area contributed by atoms with E-state index in [1.54, 1.807) is 12.1 Å². The molecule has 5 nitrogen and oxygen atoms in total. The Labute approximate surface area is 114 Å². The van der Waals surface area contributed by atoms with E-state index in [0.29, 0.717) is 5.75 Å². The molecule has 0 unspecified atom stereocenters. The third-order valence-electron chi connectivity index (χ3n) is 2.63. The summed E-state index contributed by atoms with van der Waals surface area (Å²) in [5.41, 5.74) is 0. The highest BCUT2D eigenvalue weighted by molar-refractivity contribution is 7.85. The van der Waals surface area contributed by atoms with Gasteiger partial charge in [-0.25, -0.2) is 8.96 Å². The first-order valence-electron chi connectivity index (χ1n) is 5.83. The molecule has 102 valence electrons. The van der Waals surface area contributed by atoms with E-state index in [9.17, 15) is 8.42 Å². The molecule has 1 heterocycles. The molecular formula is C12H16N2O3SSi. The zero-order chi connectivity index (χ0) is 14.1. The molecule has 0 atom stereocenters. The van der Waals surface area contributed by atoms with Gasteiger partial charge in [0.15, 0.2) is 0 Å². The van der Waals surface area contributed by atoms with Crippen LogP contribution in [0, 0.1) is 0 Å². The third kappa shape index (κ3) is 3.05. The normalized spacial score (nSPS) is 12.4. The Kier molecular flexibility index (Phi) is 3.51. The quantitative estimate of drug-likeness (QED) is 0.804. The third-order valence-corrected chi connectivity index (χ3v) is 5.78. The number of hydrogen-bond acceptors (Lipinski definition) is 4. The van der Waals surface area contributed by atoms with Gasteiger partial charge in [0.1, 0.15) is 12.1 Å². The fourth-order valence-electron chi connectivity index (χ4n) is 1.69. The van der Waals surface area contributed by atoms with Gasteiger partial charge in [0.05, 0.1) is 8.07 Å². The molecule has 19 heavy (non-hydrogen) atoms. The van der Waals surface area contributed by atoms with Crippen LogP contribution >= 0.6 is 0 Å². The van der Waals surface area contributed by atoms with E-state index in [-0.39, 0.29) is 0 Å². The Morgan fingerprint density at radius 2 is 1.89 bits per heavy atom. The maximum absolute atomic E-state index is 12.1. The lowest BCUT2D eigenvalue weighted by Gasteiger charge is -2.20. The first-order valence-corrected chi connectivity index (χ1v) is 10.7. The van der Waals surface area contributed by atoms with Gasteiger partial charge in [-0.05, 0) is 11.3 Å². The smallest absolute Gasteiger partial charge is 0.367 e. The van der Waals surface area contributed by atoms with E-state index in [4.69, 9.17) is 4.18 Å². The summed E-state index contributed by atoms with van der Waals surface area (Å²) in [4.78, 5) is 3.71. The second-order valence-corrected chi connectivity index (χ2v) is 11.7. The molecule has 2 aromatic rings. The Balaban J connectivity index is 2.40. The van der Waals surface area contributed by atoms with Crippen LogP contribution in [-0.4, -0.2) is 25.4 Å². The molecule has 0 radical (unpaired) electrons. The summed E-state index contributed by atoms with van der Waals surface area (Å²) < 4.78 is 30.3. The topological polar surface area (TPSA) is 61.2 Å². The molecule has 0 aliphatic carbocycles. The van der Waals surface area contributed by atoms with Crippen LogP contribution in [0.1, 0.15) is 0 Å². The molecule has 0 N–H and O–H groups in total. The highest BCUT2D eigenvalue weighted by Gasteiger charge is 2.24. The molecule has 0 aliphatic rings. The average molecular weight is 296 g/mol. The lowest BCUT2D eigenvalue weighted by molar-refractivity contribution is 0.477. The van der Waals surface area contributed by atoms with Crippen molar-refractivity contribution in [2.24, 2.45) is 0 Å². The maximum Gasteiger partial charge on any atom is 0.414 e. The monoisotopic (exact) mass is 296 g/mol. The van der Waals surface area contributed by atoms with E-state index < -0.39 is 18.4 Å². The number of aromatic nitrogens is 2. The molecule has 0 spiro atoms. The van der Waals surface area contributed by atoms with Crippen molar-refractivity contribution in [2.45, 2.75) is 19.6 Å². The van der Waals surface area contributed by atoms with Gasteiger partial charge in [0.2, 0.25) is 0 Å². The van der Waals surface area contributed by atoms with Gasteiger partial charge in [-0.15, -0.1) is 0 Å². The Hall–Kier alpha value is -1.60. The van der Waals surface area contributed by atoms with Gasteiger partial charge in [-0.3, -0.25) is 0 Å². The van der Waals surface area contributed by atoms with Gasteiger partial charge in [0, 0.05) is 12.4 Å². The molecule has 0 saturated carbocycles. The number of rotatable bonds is 4. The molecule has 0 bridgehead atoms. The van der Waals surface area contributed by atoms with E-state index in [1.807, 2.05) is 12.1 Å². The summed E-state index contributed by atoms with van der Waals surface area (Å²) in [6.45, 7) is 6.41. The van der Waals surface area contributed by atoms with Crippen molar-refractivity contribution >= 4 is 23.6 Å². The number of nitrogens with zero attached hydrogens (tertiary/aromatic N) is 2. The van der Waals surface area contributed by atoms with Crippen molar-refractivity contribution in [1.82, 2.24) is 8.96 Å². The minimum Gasteiger partial charge on any atom is -0.367 e. The van der Waals surface area contributed by atoms with Crippen LogP contribution in [-0.2, 0) is 10.3 Å². The first kappa shape index (κ1) is 13.8. The fourth-order valence-corrected chi connectivity index (χ4v) is 4.07. The van der Waals surface area contributed by atoms with Gasteiger partial charge >= 0.3 is 10.3 Å². The summed E-state index contributed by atoms with van der Waals surface area (Å²) >= 11 is 0. The first-order chi connectivity index (χ1) is 8.81. The molecule has 0 saturated heterocycles. The minimum absolute atomic E-state index is 0.398. The SMILES string of the molecule is C[Si](C)(C)c1ccccc1OS(=O)(=O)n1ccnc1. The Morgan fingerprint density at radius 1 is 1.21 bits per heavy atom. The fraction of sp³-hybridized carbons (Fsp3) is 0.250. The zero-order valence-corrected chi connectivity index (χ0v) is 12.9. The second kappa shape index (κ2) is 4.82. The van der Waals surface area contributed by atoms with Crippen LogP contribution in [0.4, 0.5) is 0 Å². The van der Waals surface area contributed by atoms with Crippen molar-refractivity contribution in [3.05, 3.63) is 43.0 Å². The second-order valence-electron chi connectivity index (χ2n) is 5.18. The maximum atomic E-state index is 12.1. The molecular weight excluding hydrogens is 280 g/mol. The summed E-state index contributed by atoms with van der Waals surface area (Å²) in [6, 6.07) is 7.26. The van der Waals surface area contributed by atoms with Crippen molar-refractivity contribution in [1.29, 1.82) is 0 Å². The van der Waals surface area contributed by atoms with Gasteiger partial charge in [-0.1, -0.05) is 37.8 Å². The van der Waals surface area contributed by atoms with E-state index in [1.165, 1.54) is 18.7 Å². The molecule has 0 fully saturated rings. The minimum atomic E-state index is -3.88. The van der Waals surface area contributed by atoms with Crippen molar-refractivity contribution < 1.29 is 12.6 Å². The van der Waals surface area contributed by atoms with Crippen LogP contribution in [0.3, 0.4) is 0 Å². The van der Waals surface area contributed by atoms with E-state index in [2.05, 4.69) is 24.6 Å². The van der Waals surface area contributed by atoms with Crippen LogP contribution in [0.25, 0.3) is 0 Å². The van der Waals surface area contributed by atoms with E-state index in [0.717, 1.165) is 9.16 Å².